The highest BCUT2D eigenvalue weighted by molar-refractivity contribution is 5.62. The van der Waals surface area contributed by atoms with Crippen LogP contribution in [-0.4, -0.2) is 9.13 Å². The summed E-state index contributed by atoms with van der Waals surface area (Å²) in [7, 11) is 0. The van der Waals surface area contributed by atoms with Crippen LogP contribution in [0.2, 0.25) is 0 Å². The molecule has 5 rings (SSSR count). The Bertz CT molecular complexity index is 1770. The maximum absolute atomic E-state index is 14.5. The first kappa shape index (κ1) is 26.6. The summed E-state index contributed by atoms with van der Waals surface area (Å²) in [5, 5.41) is 0. The number of hydrogen-bond donors (Lipinski definition) is 1. The van der Waals surface area contributed by atoms with Crippen molar-refractivity contribution in [2.45, 2.75) is 26.4 Å². The molecule has 0 bridgehead atoms. The van der Waals surface area contributed by atoms with Crippen molar-refractivity contribution in [2.24, 2.45) is 0 Å². The average Bonchev–Trinajstić information content (AvgIpc) is 2.94. The lowest BCUT2D eigenvalue weighted by atomic mass is 10.1. The highest BCUT2D eigenvalue weighted by Crippen LogP contribution is 2.27. The highest BCUT2D eigenvalue weighted by Gasteiger charge is 2.20. The van der Waals surface area contributed by atoms with E-state index < -0.39 is 35.5 Å². The predicted molar refractivity (Wildman–Crippen MR) is 152 cm³/mol. The molecule has 8 heteroatoms. The minimum absolute atomic E-state index is 0.195. The Morgan fingerprint density at radius 1 is 0.850 bits per heavy atom. The molecule has 1 aromatic heterocycles. The Kier molecular flexibility index (Phi) is 7.33. The average molecular weight is 540 g/mol. The molecular formula is C32H27F2N3O3. The molecule has 0 saturated carbocycles. The summed E-state index contributed by atoms with van der Waals surface area (Å²) in [6.07, 6.45) is 1.35. The molecule has 0 saturated heterocycles. The van der Waals surface area contributed by atoms with E-state index in [2.05, 4.69) is 0 Å². The van der Waals surface area contributed by atoms with Crippen LogP contribution in [0.5, 0.6) is 11.5 Å². The predicted octanol–water partition coefficient (Wildman–Crippen LogP) is 6.30. The van der Waals surface area contributed by atoms with Crippen molar-refractivity contribution in [1.82, 2.24) is 9.13 Å². The lowest BCUT2D eigenvalue weighted by Crippen LogP contribution is -2.42. The number of halogens is 2. The Morgan fingerprint density at radius 3 is 2.15 bits per heavy atom. The molecule has 0 radical (unpaired) electrons. The molecule has 0 aliphatic carbocycles. The fourth-order valence-corrected chi connectivity index (χ4v) is 4.55. The number of anilines is 1. The molecule has 40 heavy (non-hydrogen) atoms. The molecule has 0 amide bonds. The summed E-state index contributed by atoms with van der Waals surface area (Å²) in [4.78, 5) is 27.4. The molecule has 1 heterocycles. The first-order valence-electron chi connectivity index (χ1n) is 12.7. The lowest BCUT2D eigenvalue weighted by Gasteiger charge is -2.19. The molecule has 202 valence electrons. The molecule has 0 spiro atoms. The lowest BCUT2D eigenvalue weighted by molar-refractivity contribution is 0.479. The van der Waals surface area contributed by atoms with E-state index in [0.717, 1.165) is 26.8 Å². The van der Waals surface area contributed by atoms with Crippen molar-refractivity contribution in [3.8, 4) is 22.6 Å². The number of nitrogens with zero attached hydrogens (tertiary/aromatic N) is 2. The Balaban J connectivity index is 1.62. The van der Waals surface area contributed by atoms with Gasteiger partial charge in [-0.25, -0.2) is 13.6 Å². The maximum Gasteiger partial charge on any atom is 0.331 e. The SMILES string of the molecule is Cc1ccccc1Oc1ccc(-c2cn(Cc3c(F)cccc3F)c(=O)n([C@H](C)c3ccc(N)cc3)c2=O)cc1. The van der Waals surface area contributed by atoms with Gasteiger partial charge in [0.1, 0.15) is 23.1 Å². The fraction of sp³-hybridized carbons (Fsp3) is 0.125. The minimum Gasteiger partial charge on any atom is -0.457 e. The number of ether oxygens (including phenoxy) is 1. The second kappa shape index (κ2) is 11.0. The molecule has 2 N–H and O–H groups in total. The van der Waals surface area contributed by atoms with Gasteiger partial charge in [-0.2, -0.15) is 0 Å². The molecule has 6 nitrogen and oxygen atoms in total. The molecular weight excluding hydrogens is 512 g/mol. The van der Waals surface area contributed by atoms with E-state index in [9.17, 15) is 18.4 Å². The number of benzene rings is 4. The first-order chi connectivity index (χ1) is 19.2. The van der Waals surface area contributed by atoms with Crippen LogP contribution in [0.15, 0.2) is 107 Å². The number of aryl methyl sites for hydroxylation is 1. The van der Waals surface area contributed by atoms with Crippen LogP contribution in [0.4, 0.5) is 14.5 Å². The third-order valence-electron chi connectivity index (χ3n) is 6.87. The topological polar surface area (TPSA) is 79.2 Å². The molecule has 4 aromatic carbocycles. The summed E-state index contributed by atoms with van der Waals surface area (Å²) in [6.45, 7) is 3.26. The molecule has 5 aromatic rings. The molecule has 0 aliphatic heterocycles. The van der Waals surface area contributed by atoms with E-state index in [1.165, 1.54) is 12.3 Å². The summed E-state index contributed by atoms with van der Waals surface area (Å²) in [5.41, 5.74) is 7.21. The van der Waals surface area contributed by atoms with Crippen LogP contribution in [0.3, 0.4) is 0 Å². The zero-order valence-corrected chi connectivity index (χ0v) is 22.0. The standard InChI is InChI=1S/C32H27F2N3O3/c1-20-6-3-4-9-30(20)40-25-16-12-23(13-17-25)26-18-36(19-27-28(33)7-5-8-29(27)34)32(39)37(31(26)38)21(2)22-10-14-24(35)15-11-22/h3-18,21H,19,35H2,1-2H3/t21-/m1/s1. The van der Waals surface area contributed by atoms with Crippen LogP contribution < -0.4 is 21.7 Å². The van der Waals surface area contributed by atoms with Gasteiger partial charge in [0.25, 0.3) is 5.56 Å². The minimum atomic E-state index is -0.782. The second-order valence-corrected chi connectivity index (χ2v) is 9.56. The van der Waals surface area contributed by atoms with Gasteiger partial charge >= 0.3 is 5.69 Å². The van der Waals surface area contributed by atoms with Crippen molar-refractivity contribution in [3.05, 3.63) is 146 Å². The smallest absolute Gasteiger partial charge is 0.331 e. The number of rotatable bonds is 7. The van der Waals surface area contributed by atoms with Crippen molar-refractivity contribution >= 4 is 5.69 Å². The van der Waals surface area contributed by atoms with Gasteiger partial charge in [0.15, 0.2) is 0 Å². The van der Waals surface area contributed by atoms with Crippen LogP contribution >= 0.6 is 0 Å². The monoisotopic (exact) mass is 539 g/mol. The number of nitrogens with two attached hydrogens (primary N) is 1. The van der Waals surface area contributed by atoms with Crippen molar-refractivity contribution in [1.29, 1.82) is 0 Å². The van der Waals surface area contributed by atoms with Gasteiger partial charge in [0.2, 0.25) is 0 Å². The molecule has 0 unspecified atom stereocenters. The number of hydrogen-bond acceptors (Lipinski definition) is 4. The van der Waals surface area contributed by atoms with E-state index in [1.807, 2.05) is 31.2 Å². The van der Waals surface area contributed by atoms with Crippen molar-refractivity contribution in [3.63, 3.8) is 0 Å². The van der Waals surface area contributed by atoms with E-state index in [-0.39, 0.29) is 11.1 Å². The van der Waals surface area contributed by atoms with Crippen LogP contribution in [0.1, 0.15) is 29.7 Å². The quantitative estimate of drug-likeness (QED) is 0.246. The van der Waals surface area contributed by atoms with Crippen LogP contribution in [-0.2, 0) is 6.54 Å². The molecule has 0 fully saturated rings. The largest absolute Gasteiger partial charge is 0.457 e. The van der Waals surface area contributed by atoms with Gasteiger partial charge < -0.3 is 10.5 Å². The number of nitrogen functional groups attached to an aromatic ring is 1. The van der Waals surface area contributed by atoms with E-state index in [0.29, 0.717) is 28.3 Å². The first-order valence-corrected chi connectivity index (χ1v) is 12.7. The zero-order chi connectivity index (χ0) is 28.4. The summed E-state index contributed by atoms with van der Waals surface area (Å²) < 4.78 is 37.3. The normalized spacial score (nSPS) is 11.8. The van der Waals surface area contributed by atoms with Gasteiger partial charge in [-0.1, -0.05) is 48.5 Å². The van der Waals surface area contributed by atoms with Gasteiger partial charge in [-0.15, -0.1) is 0 Å². The van der Waals surface area contributed by atoms with Gasteiger partial charge in [-0.3, -0.25) is 13.9 Å². The fourth-order valence-electron chi connectivity index (χ4n) is 4.55. The second-order valence-electron chi connectivity index (χ2n) is 9.56. The van der Waals surface area contributed by atoms with Crippen LogP contribution in [0.25, 0.3) is 11.1 Å². The van der Waals surface area contributed by atoms with E-state index >= 15 is 0 Å². The summed E-state index contributed by atoms with van der Waals surface area (Å²) in [6, 6.07) is 24.1. The van der Waals surface area contributed by atoms with Crippen molar-refractivity contribution in [2.75, 3.05) is 5.73 Å². The van der Waals surface area contributed by atoms with Gasteiger partial charge in [0.05, 0.1) is 18.2 Å². The Hall–Kier alpha value is -4.98. The summed E-state index contributed by atoms with van der Waals surface area (Å²) in [5.74, 6) is -0.295. The van der Waals surface area contributed by atoms with E-state index in [1.54, 1.807) is 55.5 Å². The maximum atomic E-state index is 14.5. The Morgan fingerprint density at radius 2 is 1.50 bits per heavy atom. The summed E-state index contributed by atoms with van der Waals surface area (Å²) >= 11 is 0. The third kappa shape index (κ3) is 5.29. The molecule has 1 atom stereocenters. The highest BCUT2D eigenvalue weighted by atomic mass is 19.1. The van der Waals surface area contributed by atoms with Gasteiger partial charge in [0, 0.05) is 17.4 Å². The number of aromatic nitrogens is 2. The Labute approximate surface area is 229 Å². The van der Waals surface area contributed by atoms with Crippen molar-refractivity contribution < 1.29 is 13.5 Å². The van der Waals surface area contributed by atoms with Crippen LogP contribution in [0, 0.1) is 18.6 Å². The number of para-hydroxylation sites is 1. The van der Waals surface area contributed by atoms with Gasteiger partial charge in [-0.05, 0) is 73.0 Å². The third-order valence-corrected chi connectivity index (χ3v) is 6.87. The molecule has 0 aliphatic rings. The zero-order valence-electron chi connectivity index (χ0n) is 22.0. The van der Waals surface area contributed by atoms with E-state index in [4.69, 9.17) is 10.5 Å².